The van der Waals surface area contributed by atoms with Gasteiger partial charge in [0.1, 0.15) is 28.5 Å². The Bertz CT molecular complexity index is 998. The van der Waals surface area contributed by atoms with E-state index in [1.807, 2.05) is 35.8 Å². The number of benzene rings is 1. The molecule has 0 N–H and O–H groups in total. The number of fused-ring (bicyclic) bond motifs is 3. The number of morpholine rings is 1. The molecule has 4 heterocycles. The second-order valence-corrected chi connectivity index (χ2v) is 6.58. The van der Waals surface area contributed by atoms with Gasteiger partial charge in [0, 0.05) is 23.5 Å². The van der Waals surface area contributed by atoms with Gasteiger partial charge >= 0.3 is 0 Å². The van der Waals surface area contributed by atoms with Gasteiger partial charge in [0.15, 0.2) is 11.4 Å². The predicted octanol–water partition coefficient (Wildman–Crippen LogP) is 3.41. The van der Waals surface area contributed by atoms with Gasteiger partial charge in [-0.2, -0.15) is 0 Å². The fourth-order valence-corrected chi connectivity index (χ4v) is 3.80. The lowest BCUT2D eigenvalue weighted by Gasteiger charge is -2.32. The van der Waals surface area contributed by atoms with Gasteiger partial charge in [0.05, 0.1) is 13.2 Å². The first-order valence-electron chi connectivity index (χ1n) is 7.78. The van der Waals surface area contributed by atoms with Crippen LogP contribution < -0.4 is 4.90 Å². The molecule has 0 bridgehead atoms. The van der Waals surface area contributed by atoms with E-state index in [0.29, 0.717) is 13.2 Å². The van der Waals surface area contributed by atoms with E-state index in [1.165, 1.54) is 0 Å². The molecule has 1 saturated heterocycles. The number of rotatable bonds is 2. The van der Waals surface area contributed by atoms with Crippen LogP contribution in [0.25, 0.3) is 22.1 Å². The van der Waals surface area contributed by atoms with E-state index in [9.17, 15) is 0 Å². The second-order valence-electron chi connectivity index (χ2n) is 5.65. The molecule has 1 unspecified atom stereocenters. The van der Waals surface area contributed by atoms with E-state index in [2.05, 4.69) is 19.9 Å². The molecule has 0 aliphatic carbocycles. The monoisotopic (exact) mass is 338 g/mol. The Kier molecular flexibility index (Phi) is 3.20. The number of nitrogens with zero attached hydrogens (tertiary/aromatic N) is 4. The fourth-order valence-electron chi connectivity index (χ4n) is 3.12. The highest BCUT2D eigenvalue weighted by Gasteiger charge is 2.27. The predicted molar refractivity (Wildman–Crippen MR) is 92.3 cm³/mol. The Morgan fingerprint density at radius 2 is 2.12 bits per heavy atom. The highest BCUT2D eigenvalue weighted by Crippen LogP contribution is 2.34. The van der Waals surface area contributed by atoms with E-state index >= 15 is 0 Å². The maximum Gasteiger partial charge on any atom is 0.196 e. The van der Waals surface area contributed by atoms with E-state index in [4.69, 9.17) is 9.15 Å². The number of hydrogen-bond donors (Lipinski definition) is 0. The molecule has 1 aromatic carbocycles. The van der Waals surface area contributed by atoms with Crippen LogP contribution in [-0.2, 0) is 4.74 Å². The third-order valence-electron chi connectivity index (χ3n) is 4.23. The van der Waals surface area contributed by atoms with Crippen LogP contribution in [0.15, 0.2) is 46.6 Å². The van der Waals surface area contributed by atoms with Crippen molar-refractivity contribution in [3.05, 3.63) is 47.2 Å². The first kappa shape index (κ1) is 13.9. The molecule has 1 fully saturated rings. The zero-order chi connectivity index (χ0) is 15.9. The Hall–Kier alpha value is -2.51. The molecule has 1 aliphatic rings. The largest absolute Gasteiger partial charge is 0.450 e. The Morgan fingerprint density at radius 1 is 1.17 bits per heavy atom. The fraction of sp³-hybridized carbons (Fsp3) is 0.235. The van der Waals surface area contributed by atoms with Crippen LogP contribution in [0.5, 0.6) is 0 Å². The summed E-state index contributed by atoms with van der Waals surface area (Å²) in [6, 6.07) is 7.94. The van der Waals surface area contributed by atoms with Crippen molar-refractivity contribution in [2.45, 2.75) is 6.10 Å². The first-order valence-corrected chi connectivity index (χ1v) is 8.66. The van der Waals surface area contributed by atoms with Gasteiger partial charge < -0.3 is 14.1 Å². The van der Waals surface area contributed by atoms with Gasteiger partial charge in [-0.3, -0.25) is 0 Å². The summed E-state index contributed by atoms with van der Waals surface area (Å²) in [5.41, 5.74) is 2.42. The molecule has 4 aromatic rings. The summed E-state index contributed by atoms with van der Waals surface area (Å²) >= 11 is 1.62. The van der Waals surface area contributed by atoms with E-state index in [0.717, 1.165) is 39.4 Å². The molecule has 3 aromatic heterocycles. The molecule has 6 nitrogen and oxygen atoms in total. The number of furan rings is 1. The Labute approximate surface area is 141 Å². The number of anilines is 1. The summed E-state index contributed by atoms with van der Waals surface area (Å²) in [5.74, 6) is 0.820. The second kappa shape index (κ2) is 5.54. The summed E-state index contributed by atoms with van der Waals surface area (Å²) in [6.07, 6.45) is 3.38. The lowest BCUT2D eigenvalue weighted by Crippen LogP contribution is -2.38. The maximum absolute atomic E-state index is 6.04. The van der Waals surface area contributed by atoms with Crippen LogP contribution in [0.2, 0.25) is 0 Å². The number of thiazole rings is 1. The summed E-state index contributed by atoms with van der Waals surface area (Å²) < 4.78 is 11.9. The quantitative estimate of drug-likeness (QED) is 0.558. The standard InChI is InChI=1S/C17H14N4O2S/c1-2-4-12-11(3-1)14-15(23-12)16(20-10-19-14)21-6-7-22-13(9-21)17-18-5-8-24-17/h1-5,8,10,13H,6-7,9H2. The molecule has 0 amide bonds. The van der Waals surface area contributed by atoms with E-state index < -0.39 is 0 Å². The minimum absolute atomic E-state index is 0.0341. The van der Waals surface area contributed by atoms with Crippen LogP contribution in [-0.4, -0.2) is 34.6 Å². The highest BCUT2D eigenvalue weighted by atomic mass is 32.1. The van der Waals surface area contributed by atoms with Crippen molar-refractivity contribution in [1.29, 1.82) is 0 Å². The van der Waals surface area contributed by atoms with Gasteiger partial charge in [-0.25, -0.2) is 15.0 Å². The van der Waals surface area contributed by atoms with Gasteiger partial charge in [-0.1, -0.05) is 12.1 Å². The summed E-state index contributed by atoms with van der Waals surface area (Å²) in [7, 11) is 0. The zero-order valence-electron chi connectivity index (χ0n) is 12.8. The van der Waals surface area contributed by atoms with E-state index in [1.54, 1.807) is 17.7 Å². The van der Waals surface area contributed by atoms with Crippen LogP contribution in [0.3, 0.4) is 0 Å². The molecule has 0 saturated carbocycles. The number of hydrogen-bond acceptors (Lipinski definition) is 7. The molecule has 0 spiro atoms. The molecule has 24 heavy (non-hydrogen) atoms. The lowest BCUT2D eigenvalue weighted by atomic mass is 10.2. The third-order valence-corrected chi connectivity index (χ3v) is 5.10. The molecule has 5 rings (SSSR count). The lowest BCUT2D eigenvalue weighted by molar-refractivity contribution is 0.0394. The molecular weight excluding hydrogens is 324 g/mol. The summed E-state index contributed by atoms with van der Waals surface area (Å²) in [4.78, 5) is 15.5. The zero-order valence-corrected chi connectivity index (χ0v) is 13.6. The van der Waals surface area contributed by atoms with Crippen molar-refractivity contribution in [1.82, 2.24) is 15.0 Å². The normalized spacial score (nSPS) is 18.5. The molecule has 1 atom stereocenters. The number of ether oxygens (including phenoxy) is 1. The Morgan fingerprint density at radius 3 is 3.04 bits per heavy atom. The van der Waals surface area contributed by atoms with Crippen molar-refractivity contribution in [3.8, 4) is 0 Å². The number of aromatic nitrogens is 3. The van der Waals surface area contributed by atoms with E-state index in [-0.39, 0.29) is 6.10 Å². The summed E-state index contributed by atoms with van der Waals surface area (Å²) in [5, 5.41) is 3.98. The molecule has 7 heteroatoms. The van der Waals surface area contributed by atoms with Crippen LogP contribution in [0.1, 0.15) is 11.1 Å². The molecule has 1 aliphatic heterocycles. The Balaban J connectivity index is 1.58. The van der Waals surface area contributed by atoms with Crippen LogP contribution in [0.4, 0.5) is 5.82 Å². The van der Waals surface area contributed by atoms with Crippen molar-refractivity contribution in [2.75, 3.05) is 24.6 Å². The average molecular weight is 338 g/mol. The van der Waals surface area contributed by atoms with Gasteiger partial charge in [-0.15, -0.1) is 11.3 Å². The summed E-state index contributed by atoms with van der Waals surface area (Å²) in [6.45, 7) is 2.11. The minimum atomic E-state index is -0.0341. The van der Waals surface area contributed by atoms with Gasteiger partial charge in [-0.05, 0) is 12.1 Å². The van der Waals surface area contributed by atoms with Crippen LogP contribution >= 0.6 is 11.3 Å². The third kappa shape index (κ3) is 2.16. The first-order chi connectivity index (χ1) is 11.9. The SMILES string of the molecule is c1ccc2c(c1)oc1c(N3CCOC(c4nccs4)C3)ncnc12. The molecule has 120 valence electrons. The highest BCUT2D eigenvalue weighted by molar-refractivity contribution is 7.09. The topological polar surface area (TPSA) is 64.3 Å². The van der Waals surface area contributed by atoms with Crippen LogP contribution in [0, 0.1) is 0 Å². The average Bonchev–Trinajstić information content (AvgIpc) is 3.29. The molecular formula is C17H14N4O2S. The van der Waals surface area contributed by atoms with Gasteiger partial charge in [0.2, 0.25) is 0 Å². The van der Waals surface area contributed by atoms with Crippen molar-refractivity contribution < 1.29 is 9.15 Å². The van der Waals surface area contributed by atoms with Crippen molar-refractivity contribution in [2.24, 2.45) is 0 Å². The molecule has 0 radical (unpaired) electrons. The van der Waals surface area contributed by atoms with Gasteiger partial charge in [0.25, 0.3) is 0 Å². The van der Waals surface area contributed by atoms with Crippen molar-refractivity contribution >= 4 is 39.2 Å². The maximum atomic E-state index is 6.04. The minimum Gasteiger partial charge on any atom is -0.450 e. The van der Waals surface area contributed by atoms with Crippen molar-refractivity contribution in [3.63, 3.8) is 0 Å². The number of para-hydroxylation sites is 1. The smallest absolute Gasteiger partial charge is 0.196 e.